The Balaban J connectivity index is 2.85. The summed E-state index contributed by atoms with van der Waals surface area (Å²) in [6.45, 7) is 0. The molecule has 0 unspecified atom stereocenters. The van der Waals surface area contributed by atoms with Crippen molar-refractivity contribution in [3.63, 3.8) is 0 Å². The highest BCUT2D eigenvalue weighted by molar-refractivity contribution is 7.12. The van der Waals surface area contributed by atoms with Crippen LogP contribution < -0.4 is 0 Å². The maximum absolute atomic E-state index is 10.8. The molecule has 70 valence electrons. The molecule has 0 saturated carbocycles. The van der Waals surface area contributed by atoms with Gasteiger partial charge in [0.05, 0.1) is 19.1 Å². The van der Waals surface area contributed by atoms with Crippen LogP contribution in [-0.4, -0.2) is 26.2 Å². The van der Waals surface area contributed by atoms with E-state index >= 15 is 0 Å². The molecule has 13 heavy (non-hydrogen) atoms. The van der Waals surface area contributed by atoms with Gasteiger partial charge in [-0.1, -0.05) is 6.07 Å². The summed E-state index contributed by atoms with van der Waals surface area (Å²) in [5.41, 5.74) is 0. The Hall–Kier alpha value is -1.36. The highest BCUT2D eigenvalue weighted by Crippen LogP contribution is 2.10. The van der Waals surface area contributed by atoms with Crippen molar-refractivity contribution in [1.29, 1.82) is 0 Å². The summed E-state index contributed by atoms with van der Waals surface area (Å²) >= 11 is 1.44. The van der Waals surface area contributed by atoms with E-state index < -0.39 is 6.09 Å². The van der Waals surface area contributed by atoms with Crippen molar-refractivity contribution >= 4 is 23.3 Å². The topological polar surface area (TPSA) is 47.9 Å². The van der Waals surface area contributed by atoms with E-state index in [0.717, 1.165) is 4.88 Å². The molecule has 1 aromatic heterocycles. The van der Waals surface area contributed by atoms with Crippen LogP contribution >= 0.6 is 11.3 Å². The minimum absolute atomic E-state index is 0.279. The third kappa shape index (κ3) is 2.55. The number of carbonyl (C=O) groups excluding carboxylic acids is 1. The monoisotopic (exact) mass is 199 g/mol. The van der Waals surface area contributed by atoms with Gasteiger partial charge in [0.1, 0.15) is 0 Å². The summed E-state index contributed by atoms with van der Waals surface area (Å²) < 4.78 is 9.31. The summed E-state index contributed by atoms with van der Waals surface area (Å²) in [5, 5.41) is 1.88. The molecule has 0 spiro atoms. The molecule has 0 fully saturated rings. The van der Waals surface area contributed by atoms with Gasteiger partial charge >= 0.3 is 6.09 Å². The SMILES string of the molecule is COC(=O)/N=C(\OC)c1cccs1. The zero-order chi connectivity index (χ0) is 9.68. The van der Waals surface area contributed by atoms with Crippen molar-refractivity contribution in [2.24, 2.45) is 4.99 Å². The average Bonchev–Trinajstić information content (AvgIpc) is 2.66. The quantitative estimate of drug-likeness (QED) is 0.512. The fourth-order valence-corrected chi connectivity index (χ4v) is 1.42. The first kappa shape index (κ1) is 9.73. The molecule has 4 nitrogen and oxygen atoms in total. The maximum Gasteiger partial charge on any atom is 0.436 e. The molecule has 5 heteroatoms. The van der Waals surface area contributed by atoms with E-state index in [1.807, 2.05) is 17.5 Å². The molecular weight excluding hydrogens is 190 g/mol. The lowest BCUT2D eigenvalue weighted by atomic mass is 10.5. The van der Waals surface area contributed by atoms with Crippen molar-refractivity contribution in [2.45, 2.75) is 0 Å². The summed E-state index contributed by atoms with van der Waals surface area (Å²) in [6.07, 6.45) is -0.662. The third-order valence-corrected chi connectivity index (χ3v) is 2.15. The van der Waals surface area contributed by atoms with Gasteiger partial charge in [0, 0.05) is 0 Å². The predicted molar refractivity (Wildman–Crippen MR) is 50.3 cm³/mol. The summed E-state index contributed by atoms with van der Waals surface area (Å²) in [4.78, 5) is 15.2. The number of methoxy groups -OCH3 is 2. The number of ether oxygens (including phenoxy) is 2. The van der Waals surface area contributed by atoms with Crippen molar-refractivity contribution in [1.82, 2.24) is 0 Å². The van der Waals surface area contributed by atoms with Gasteiger partial charge in [-0.15, -0.1) is 16.3 Å². The maximum atomic E-state index is 10.8. The minimum atomic E-state index is -0.662. The highest BCUT2D eigenvalue weighted by atomic mass is 32.1. The minimum Gasteiger partial charge on any atom is -0.480 e. The lowest BCUT2D eigenvalue weighted by Crippen LogP contribution is -2.05. The van der Waals surface area contributed by atoms with E-state index in [0.29, 0.717) is 0 Å². The van der Waals surface area contributed by atoms with Crippen LogP contribution in [0.1, 0.15) is 4.88 Å². The van der Waals surface area contributed by atoms with Crippen LogP contribution in [0.4, 0.5) is 4.79 Å². The Morgan fingerprint density at radius 3 is 2.69 bits per heavy atom. The van der Waals surface area contributed by atoms with Gasteiger partial charge in [0.15, 0.2) is 0 Å². The Morgan fingerprint density at radius 2 is 2.23 bits per heavy atom. The number of thiophene rings is 1. The summed E-state index contributed by atoms with van der Waals surface area (Å²) in [6, 6.07) is 3.67. The fraction of sp³-hybridized carbons (Fsp3) is 0.250. The van der Waals surface area contributed by atoms with Crippen LogP contribution in [0.3, 0.4) is 0 Å². The van der Waals surface area contributed by atoms with Crippen LogP contribution in [-0.2, 0) is 9.47 Å². The number of hydrogen-bond donors (Lipinski definition) is 0. The summed E-state index contributed by atoms with van der Waals surface area (Å²) in [7, 11) is 2.73. The van der Waals surface area contributed by atoms with E-state index in [-0.39, 0.29) is 5.90 Å². The van der Waals surface area contributed by atoms with Crippen LogP contribution in [0.2, 0.25) is 0 Å². The predicted octanol–water partition coefficient (Wildman–Crippen LogP) is 1.91. The molecule has 0 aliphatic heterocycles. The molecule has 0 bridgehead atoms. The number of rotatable bonds is 1. The van der Waals surface area contributed by atoms with Crippen LogP contribution in [0, 0.1) is 0 Å². The number of hydrogen-bond acceptors (Lipinski definition) is 4. The van der Waals surface area contributed by atoms with E-state index in [1.54, 1.807) is 0 Å². The molecule has 0 aliphatic carbocycles. The van der Waals surface area contributed by atoms with Crippen LogP contribution in [0.15, 0.2) is 22.5 Å². The van der Waals surface area contributed by atoms with E-state index in [2.05, 4.69) is 9.73 Å². The van der Waals surface area contributed by atoms with Crippen LogP contribution in [0.5, 0.6) is 0 Å². The molecule has 0 atom stereocenters. The van der Waals surface area contributed by atoms with Crippen molar-refractivity contribution in [3.05, 3.63) is 22.4 Å². The van der Waals surface area contributed by atoms with Gasteiger partial charge in [0.25, 0.3) is 0 Å². The zero-order valence-electron chi connectivity index (χ0n) is 7.31. The van der Waals surface area contributed by atoms with Gasteiger partial charge in [-0.25, -0.2) is 4.79 Å². The summed E-state index contributed by atoms with van der Waals surface area (Å²) in [5.74, 6) is 0.279. The number of amides is 1. The lowest BCUT2D eigenvalue weighted by Gasteiger charge is -1.99. The van der Waals surface area contributed by atoms with Crippen molar-refractivity contribution in [2.75, 3.05) is 14.2 Å². The van der Waals surface area contributed by atoms with Gasteiger partial charge < -0.3 is 9.47 Å². The standard InChI is InChI=1S/C8H9NO3S/c1-11-7(9-8(10)12-2)6-4-3-5-13-6/h3-5H,1-2H3/b9-7-. The molecule has 1 amide bonds. The van der Waals surface area contributed by atoms with Gasteiger partial charge in [-0.05, 0) is 11.4 Å². The molecule has 0 N–H and O–H groups in total. The second kappa shape index (κ2) is 4.61. The Kier molecular flexibility index (Phi) is 3.45. The number of carbonyl (C=O) groups is 1. The molecular formula is C8H9NO3S. The lowest BCUT2D eigenvalue weighted by molar-refractivity contribution is 0.181. The molecule has 0 radical (unpaired) electrons. The van der Waals surface area contributed by atoms with Crippen molar-refractivity contribution < 1.29 is 14.3 Å². The van der Waals surface area contributed by atoms with E-state index in [9.17, 15) is 4.79 Å². The largest absolute Gasteiger partial charge is 0.480 e. The molecule has 0 saturated heterocycles. The second-order valence-electron chi connectivity index (χ2n) is 2.07. The zero-order valence-corrected chi connectivity index (χ0v) is 8.13. The van der Waals surface area contributed by atoms with Gasteiger partial charge in [0.2, 0.25) is 5.90 Å². The second-order valence-corrected chi connectivity index (χ2v) is 3.02. The Bertz CT molecular complexity index is 305. The smallest absolute Gasteiger partial charge is 0.436 e. The molecule has 0 aliphatic rings. The molecule has 1 rings (SSSR count). The number of aliphatic imine (C=N–C) groups is 1. The Labute approximate surface area is 79.8 Å². The first-order valence-corrected chi connectivity index (χ1v) is 4.40. The van der Waals surface area contributed by atoms with Crippen molar-refractivity contribution in [3.8, 4) is 0 Å². The molecule has 1 heterocycles. The fourth-order valence-electron chi connectivity index (χ4n) is 0.730. The van der Waals surface area contributed by atoms with Gasteiger partial charge in [-0.3, -0.25) is 0 Å². The molecule has 0 aromatic carbocycles. The van der Waals surface area contributed by atoms with Crippen LogP contribution in [0.25, 0.3) is 0 Å². The Morgan fingerprint density at radius 1 is 1.46 bits per heavy atom. The first-order chi connectivity index (χ1) is 6.27. The van der Waals surface area contributed by atoms with Gasteiger partial charge in [-0.2, -0.15) is 0 Å². The highest BCUT2D eigenvalue weighted by Gasteiger charge is 2.07. The van der Waals surface area contributed by atoms with E-state index in [4.69, 9.17) is 4.74 Å². The molecule has 1 aromatic rings. The average molecular weight is 199 g/mol. The van der Waals surface area contributed by atoms with E-state index in [1.165, 1.54) is 25.6 Å². The normalized spacial score (nSPS) is 11.1. The number of nitrogens with zero attached hydrogens (tertiary/aromatic N) is 1. The third-order valence-electron chi connectivity index (χ3n) is 1.29. The first-order valence-electron chi connectivity index (χ1n) is 3.52.